The van der Waals surface area contributed by atoms with Gasteiger partial charge in [-0.25, -0.2) is 4.98 Å². The van der Waals surface area contributed by atoms with Gasteiger partial charge in [0, 0.05) is 59.6 Å². The summed E-state index contributed by atoms with van der Waals surface area (Å²) in [6, 6.07) is 47.0. The van der Waals surface area contributed by atoms with Gasteiger partial charge in [0.05, 0.1) is 10.2 Å². The fraction of sp³-hybridized carbons (Fsp3) is 0. The van der Waals surface area contributed by atoms with Gasteiger partial charge in [-0.05, 0) is 60.7 Å². The van der Waals surface area contributed by atoms with Crippen LogP contribution < -0.4 is 4.90 Å². The number of benzene rings is 6. The lowest BCUT2D eigenvalue weighted by atomic mass is 10.1. The van der Waals surface area contributed by atoms with E-state index in [9.17, 15) is 0 Å². The molecule has 198 valence electrons. The fourth-order valence-corrected chi connectivity index (χ4v) is 8.25. The van der Waals surface area contributed by atoms with Crippen LogP contribution in [0.15, 0.2) is 138 Å². The van der Waals surface area contributed by atoms with Gasteiger partial charge < -0.3 is 9.32 Å². The van der Waals surface area contributed by atoms with E-state index in [0.29, 0.717) is 0 Å². The van der Waals surface area contributed by atoms with Gasteiger partial charge in [0.1, 0.15) is 16.2 Å². The minimum atomic E-state index is 0.886. The van der Waals surface area contributed by atoms with Crippen molar-refractivity contribution in [2.24, 2.45) is 0 Å². The summed E-state index contributed by atoms with van der Waals surface area (Å²) in [5.41, 5.74) is 7.26. The van der Waals surface area contributed by atoms with Crippen molar-refractivity contribution in [1.82, 2.24) is 4.98 Å². The Morgan fingerprint density at radius 3 is 2.12 bits per heavy atom. The number of anilines is 3. The standard InChI is InChI=1S/C37H22N2OS2/c1-3-9-23(10-4-1)37-38-30-18-20-34-35(36(30)42-37)29-21-25(16-19-33(29)41-34)39(24-11-5-2-6-12-24)26-15-17-28-27-13-7-8-14-31(27)40-32(28)22-26/h1-22H. The van der Waals surface area contributed by atoms with E-state index in [1.54, 1.807) is 11.3 Å². The molecule has 0 aliphatic rings. The van der Waals surface area contributed by atoms with Gasteiger partial charge in [0.15, 0.2) is 0 Å². The van der Waals surface area contributed by atoms with Gasteiger partial charge in [-0.1, -0.05) is 66.7 Å². The molecule has 0 radical (unpaired) electrons. The molecule has 3 nitrogen and oxygen atoms in total. The lowest BCUT2D eigenvalue weighted by Crippen LogP contribution is -2.09. The summed E-state index contributed by atoms with van der Waals surface area (Å²) >= 11 is 3.62. The summed E-state index contributed by atoms with van der Waals surface area (Å²) < 4.78 is 10.1. The molecule has 3 heterocycles. The first-order valence-electron chi connectivity index (χ1n) is 13.9. The molecule has 5 heteroatoms. The van der Waals surface area contributed by atoms with Crippen molar-refractivity contribution in [3.63, 3.8) is 0 Å². The summed E-state index contributed by atoms with van der Waals surface area (Å²) in [5.74, 6) is 0. The second kappa shape index (κ2) is 9.28. The van der Waals surface area contributed by atoms with Gasteiger partial charge >= 0.3 is 0 Å². The number of hydrogen-bond acceptors (Lipinski definition) is 5. The van der Waals surface area contributed by atoms with E-state index in [-0.39, 0.29) is 0 Å². The zero-order chi connectivity index (χ0) is 27.6. The van der Waals surface area contributed by atoms with Crippen molar-refractivity contribution in [2.45, 2.75) is 0 Å². The Morgan fingerprint density at radius 1 is 0.524 bits per heavy atom. The molecule has 42 heavy (non-hydrogen) atoms. The average Bonchev–Trinajstić information content (AvgIpc) is 3.75. The molecule has 0 fully saturated rings. The first-order valence-corrected chi connectivity index (χ1v) is 15.5. The van der Waals surface area contributed by atoms with Gasteiger partial charge in [-0.3, -0.25) is 0 Å². The zero-order valence-electron chi connectivity index (χ0n) is 22.3. The number of aromatic nitrogens is 1. The van der Waals surface area contributed by atoms with Crippen molar-refractivity contribution in [3.05, 3.63) is 133 Å². The molecule has 0 spiro atoms. The molecule has 0 atom stereocenters. The number of para-hydroxylation sites is 2. The van der Waals surface area contributed by atoms with Crippen LogP contribution in [0.3, 0.4) is 0 Å². The molecule has 0 aliphatic heterocycles. The van der Waals surface area contributed by atoms with Crippen LogP contribution in [0.2, 0.25) is 0 Å². The van der Waals surface area contributed by atoms with Crippen LogP contribution in [0.1, 0.15) is 0 Å². The van der Waals surface area contributed by atoms with E-state index in [2.05, 4.69) is 120 Å². The largest absolute Gasteiger partial charge is 0.456 e. The summed E-state index contributed by atoms with van der Waals surface area (Å²) in [4.78, 5) is 7.34. The average molecular weight is 575 g/mol. The Bertz CT molecular complexity index is 2420. The zero-order valence-corrected chi connectivity index (χ0v) is 24.0. The Morgan fingerprint density at radius 2 is 1.24 bits per heavy atom. The van der Waals surface area contributed by atoms with Crippen molar-refractivity contribution >= 4 is 92.1 Å². The minimum absolute atomic E-state index is 0.886. The molecular weight excluding hydrogens is 553 g/mol. The minimum Gasteiger partial charge on any atom is -0.456 e. The van der Waals surface area contributed by atoms with Crippen LogP contribution in [0.5, 0.6) is 0 Å². The maximum Gasteiger partial charge on any atom is 0.137 e. The molecule has 0 saturated carbocycles. The molecule has 6 aromatic carbocycles. The highest BCUT2D eigenvalue weighted by atomic mass is 32.1. The molecule has 9 rings (SSSR count). The third-order valence-electron chi connectivity index (χ3n) is 7.89. The van der Waals surface area contributed by atoms with Crippen LogP contribution in [0.25, 0.3) is 62.9 Å². The SMILES string of the molecule is c1ccc(-c2nc3ccc4sc5ccc(N(c6ccccc6)c6ccc7c(c6)oc6ccccc67)cc5c4c3s2)cc1. The summed E-state index contributed by atoms with van der Waals surface area (Å²) in [6.07, 6.45) is 0. The molecule has 0 N–H and O–H groups in total. The van der Waals surface area contributed by atoms with Gasteiger partial charge in [-0.2, -0.15) is 0 Å². The number of thiophene rings is 1. The molecule has 0 unspecified atom stereocenters. The van der Waals surface area contributed by atoms with Gasteiger partial charge in [0.25, 0.3) is 0 Å². The molecule has 0 saturated heterocycles. The van der Waals surface area contributed by atoms with Crippen LogP contribution in [-0.4, -0.2) is 4.98 Å². The fourth-order valence-electron chi connectivity index (χ4n) is 5.96. The highest BCUT2D eigenvalue weighted by Crippen LogP contribution is 2.45. The van der Waals surface area contributed by atoms with E-state index < -0.39 is 0 Å². The van der Waals surface area contributed by atoms with Crippen LogP contribution in [0, 0.1) is 0 Å². The smallest absolute Gasteiger partial charge is 0.137 e. The lowest BCUT2D eigenvalue weighted by Gasteiger charge is -2.25. The summed E-state index contributed by atoms with van der Waals surface area (Å²) in [5, 5.41) is 5.86. The van der Waals surface area contributed by atoms with Gasteiger partial charge in [0.2, 0.25) is 0 Å². The second-order valence-corrected chi connectivity index (χ2v) is 12.5. The molecule has 9 aromatic rings. The number of fused-ring (bicyclic) bond motifs is 8. The van der Waals surface area contributed by atoms with Crippen molar-refractivity contribution in [3.8, 4) is 10.6 Å². The molecular formula is C37H22N2OS2. The third kappa shape index (κ3) is 3.68. The molecule has 0 aliphatic carbocycles. The first-order chi connectivity index (χ1) is 20.8. The maximum atomic E-state index is 6.29. The van der Waals surface area contributed by atoms with E-state index in [4.69, 9.17) is 9.40 Å². The Kier molecular flexibility index (Phi) is 5.24. The van der Waals surface area contributed by atoms with Crippen molar-refractivity contribution < 1.29 is 4.42 Å². The number of thiazole rings is 1. The molecule has 0 bridgehead atoms. The van der Waals surface area contributed by atoms with E-state index in [1.807, 2.05) is 29.5 Å². The van der Waals surface area contributed by atoms with E-state index in [0.717, 1.165) is 55.1 Å². The topological polar surface area (TPSA) is 29.3 Å². The van der Waals surface area contributed by atoms with Crippen LogP contribution in [0.4, 0.5) is 17.1 Å². The molecule has 0 amide bonds. The highest BCUT2D eigenvalue weighted by molar-refractivity contribution is 7.28. The van der Waals surface area contributed by atoms with Gasteiger partial charge in [-0.15, -0.1) is 22.7 Å². The van der Waals surface area contributed by atoms with E-state index >= 15 is 0 Å². The van der Waals surface area contributed by atoms with Crippen molar-refractivity contribution in [1.29, 1.82) is 0 Å². The highest BCUT2D eigenvalue weighted by Gasteiger charge is 2.18. The number of furan rings is 1. The number of nitrogens with zero attached hydrogens (tertiary/aromatic N) is 2. The van der Waals surface area contributed by atoms with Crippen LogP contribution >= 0.6 is 22.7 Å². The second-order valence-electron chi connectivity index (χ2n) is 10.4. The summed E-state index contributed by atoms with van der Waals surface area (Å²) in [7, 11) is 0. The Hall–Kier alpha value is -4.97. The Balaban J connectivity index is 1.26. The Labute approximate surface area is 249 Å². The maximum absolute atomic E-state index is 6.29. The summed E-state index contributed by atoms with van der Waals surface area (Å²) in [6.45, 7) is 0. The first kappa shape index (κ1) is 23.7. The number of rotatable bonds is 4. The predicted molar refractivity (Wildman–Crippen MR) is 180 cm³/mol. The normalized spacial score (nSPS) is 11.8. The number of hydrogen-bond donors (Lipinski definition) is 0. The monoisotopic (exact) mass is 574 g/mol. The third-order valence-corrected chi connectivity index (χ3v) is 10.2. The van der Waals surface area contributed by atoms with E-state index in [1.165, 1.54) is 24.9 Å². The molecule has 3 aromatic heterocycles. The van der Waals surface area contributed by atoms with Crippen LogP contribution in [-0.2, 0) is 0 Å². The predicted octanol–water partition coefficient (Wildman–Crippen LogP) is 11.7. The lowest BCUT2D eigenvalue weighted by molar-refractivity contribution is 0.669. The van der Waals surface area contributed by atoms with Crippen molar-refractivity contribution in [2.75, 3.05) is 4.90 Å². The quantitative estimate of drug-likeness (QED) is 0.209.